The third-order valence-corrected chi connectivity index (χ3v) is 8.62. The maximum absolute atomic E-state index is 13.2. The number of fused-ring (bicyclic) bond motifs is 5. The van der Waals surface area contributed by atoms with Gasteiger partial charge in [-0.15, -0.1) is 0 Å². The van der Waals surface area contributed by atoms with Crippen LogP contribution < -0.4 is 0 Å². The number of hydrogen-bond acceptors (Lipinski definition) is 3. The number of aliphatic carboxylic acids is 1. The molecule has 0 saturated heterocycles. The van der Waals surface area contributed by atoms with E-state index in [1.807, 2.05) is 0 Å². The van der Waals surface area contributed by atoms with Crippen LogP contribution in [0, 0.1) is 40.4 Å². The predicted molar refractivity (Wildman–Crippen MR) is 89.2 cm³/mol. The molecule has 0 spiro atoms. The van der Waals surface area contributed by atoms with Gasteiger partial charge in [-0.25, -0.2) is 0 Å². The normalized spacial score (nSPS) is 53.9. The van der Waals surface area contributed by atoms with Crippen molar-refractivity contribution in [1.29, 1.82) is 0 Å². The first kappa shape index (κ1) is 16.6. The Balaban J connectivity index is 1.68. The van der Waals surface area contributed by atoms with Gasteiger partial charge in [0.15, 0.2) is 0 Å². The van der Waals surface area contributed by atoms with Crippen molar-refractivity contribution >= 4 is 11.8 Å². The van der Waals surface area contributed by atoms with Crippen molar-refractivity contribution in [2.24, 2.45) is 40.4 Å². The van der Waals surface area contributed by atoms with Crippen molar-refractivity contribution in [2.75, 3.05) is 0 Å². The van der Waals surface area contributed by atoms with Gasteiger partial charge in [0.25, 0.3) is 0 Å². The molecule has 0 radical (unpaired) electrons. The molecule has 4 nitrogen and oxygen atoms in total. The molecule has 4 aliphatic rings. The molecule has 0 aromatic carbocycles. The number of carbonyl (C=O) groups excluding carboxylic acids is 1. The summed E-state index contributed by atoms with van der Waals surface area (Å²) in [5.41, 5.74) is -0.330. The molecule has 4 saturated carbocycles. The SMILES string of the molecule is C[C@]12CC[C@H](O)C[C@@H]1CC[C@@H]1[C@H]3CC[C@@H](C(=O)O)[C@@]3(C)CC(=O)[C@H]12. The molecule has 134 valence electrons. The smallest absolute Gasteiger partial charge is 0.307 e. The molecule has 0 aliphatic heterocycles. The number of rotatable bonds is 1. The van der Waals surface area contributed by atoms with E-state index in [1.165, 1.54) is 0 Å². The van der Waals surface area contributed by atoms with Crippen LogP contribution >= 0.6 is 0 Å². The lowest BCUT2D eigenvalue weighted by Crippen LogP contribution is -2.58. The fourth-order valence-corrected chi connectivity index (χ4v) is 7.46. The molecule has 24 heavy (non-hydrogen) atoms. The molecule has 0 amide bonds. The van der Waals surface area contributed by atoms with Crippen molar-refractivity contribution in [3.63, 3.8) is 0 Å². The lowest BCUT2D eigenvalue weighted by Gasteiger charge is -2.59. The van der Waals surface area contributed by atoms with E-state index in [0.717, 1.165) is 44.9 Å². The van der Waals surface area contributed by atoms with Crippen LogP contribution in [0.4, 0.5) is 0 Å². The van der Waals surface area contributed by atoms with Gasteiger partial charge in [0.1, 0.15) is 5.78 Å². The van der Waals surface area contributed by atoms with Gasteiger partial charge in [-0.2, -0.15) is 0 Å². The summed E-state index contributed by atoms with van der Waals surface area (Å²) in [5, 5.41) is 19.7. The van der Waals surface area contributed by atoms with Crippen molar-refractivity contribution in [2.45, 2.75) is 71.3 Å². The first-order chi connectivity index (χ1) is 11.3. The standard InChI is InChI=1S/C20H30O4/c1-19-8-7-12(21)9-11(19)3-4-13-14-5-6-15(18(23)24)20(14,2)10-16(22)17(13)19/h11-15,17,21H,3-10H2,1-2H3,(H,23,24)/t11-,12-,13+,14+,15-,17-,19-,20-/m0/s1. The number of aliphatic hydroxyl groups is 1. The van der Waals surface area contributed by atoms with Gasteiger partial charge in [0.2, 0.25) is 0 Å². The van der Waals surface area contributed by atoms with Crippen molar-refractivity contribution in [1.82, 2.24) is 0 Å². The Bertz CT molecular complexity index is 572. The van der Waals surface area contributed by atoms with E-state index < -0.39 is 5.97 Å². The number of carboxylic acids is 1. The Morgan fingerprint density at radius 2 is 1.83 bits per heavy atom. The highest BCUT2D eigenvalue weighted by Crippen LogP contribution is 2.66. The average Bonchev–Trinajstić information content (AvgIpc) is 2.84. The van der Waals surface area contributed by atoms with E-state index >= 15 is 0 Å². The highest BCUT2D eigenvalue weighted by atomic mass is 16.4. The Morgan fingerprint density at radius 1 is 1.08 bits per heavy atom. The van der Waals surface area contributed by atoms with Gasteiger partial charge in [-0.1, -0.05) is 13.8 Å². The molecule has 0 aromatic rings. The second-order valence-electron chi connectivity index (χ2n) is 9.57. The summed E-state index contributed by atoms with van der Waals surface area (Å²) in [7, 11) is 0. The summed E-state index contributed by atoms with van der Waals surface area (Å²) in [6.07, 6.45) is 6.65. The third kappa shape index (κ3) is 2.07. The van der Waals surface area contributed by atoms with Crippen LogP contribution in [-0.4, -0.2) is 28.1 Å². The van der Waals surface area contributed by atoms with Crippen molar-refractivity contribution < 1.29 is 19.8 Å². The van der Waals surface area contributed by atoms with Crippen LogP contribution in [0.2, 0.25) is 0 Å². The zero-order chi connectivity index (χ0) is 17.3. The lowest BCUT2D eigenvalue weighted by molar-refractivity contribution is -0.165. The number of aliphatic hydroxyl groups excluding tert-OH is 1. The topological polar surface area (TPSA) is 74.6 Å². The maximum atomic E-state index is 13.2. The van der Waals surface area contributed by atoms with Crippen LogP contribution in [0.1, 0.15) is 65.2 Å². The molecule has 4 aliphatic carbocycles. The first-order valence-electron chi connectivity index (χ1n) is 9.71. The van der Waals surface area contributed by atoms with Crippen LogP contribution in [0.3, 0.4) is 0 Å². The van der Waals surface area contributed by atoms with Gasteiger partial charge in [-0.05, 0) is 73.5 Å². The quantitative estimate of drug-likeness (QED) is 0.772. The zero-order valence-corrected chi connectivity index (χ0v) is 14.8. The van der Waals surface area contributed by atoms with Crippen molar-refractivity contribution in [3.8, 4) is 0 Å². The molecule has 2 N–H and O–H groups in total. The molecule has 0 aromatic heterocycles. The fraction of sp³-hybridized carbons (Fsp3) is 0.900. The van der Waals surface area contributed by atoms with Crippen LogP contribution in [-0.2, 0) is 9.59 Å². The van der Waals surface area contributed by atoms with Gasteiger partial charge in [0.05, 0.1) is 12.0 Å². The summed E-state index contributed by atoms with van der Waals surface area (Å²) in [5.74, 6) is 0.526. The Hall–Kier alpha value is -0.900. The van der Waals surface area contributed by atoms with Crippen LogP contribution in [0.25, 0.3) is 0 Å². The van der Waals surface area contributed by atoms with E-state index in [1.54, 1.807) is 0 Å². The number of carbonyl (C=O) groups is 2. The number of ketones is 1. The Morgan fingerprint density at radius 3 is 2.54 bits per heavy atom. The molecule has 4 fully saturated rings. The summed E-state index contributed by atoms with van der Waals surface area (Å²) in [4.78, 5) is 24.9. The second kappa shape index (κ2) is 5.30. The minimum atomic E-state index is -0.716. The molecule has 4 heteroatoms. The summed E-state index contributed by atoms with van der Waals surface area (Å²) in [6.45, 7) is 4.35. The van der Waals surface area contributed by atoms with Gasteiger partial charge < -0.3 is 10.2 Å². The highest BCUT2D eigenvalue weighted by molar-refractivity contribution is 5.85. The van der Waals surface area contributed by atoms with Crippen LogP contribution in [0.15, 0.2) is 0 Å². The van der Waals surface area contributed by atoms with Crippen LogP contribution in [0.5, 0.6) is 0 Å². The predicted octanol–water partition coefficient (Wildman–Crippen LogP) is 3.27. The Labute approximate surface area is 144 Å². The Kier molecular flexibility index (Phi) is 3.66. The molecule has 0 bridgehead atoms. The molecule has 4 rings (SSSR count). The third-order valence-electron chi connectivity index (χ3n) is 8.62. The van der Waals surface area contributed by atoms with E-state index in [-0.39, 0.29) is 28.8 Å². The molecule has 0 unspecified atom stereocenters. The number of Topliss-reactive ketones (excluding diaryl/α,β-unsaturated/α-hetero) is 1. The lowest BCUT2D eigenvalue weighted by atomic mass is 9.44. The second-order valence-corrected chi connectivity index (χ2v) is 9.57. The highest BCUT2D eigenvalue weighted by Gasteiger charge is 2.64. The maximum Gasteiger partial charge on any atom is 0.307 e. The van der Waals surface area contributed by atoms with Gasteiger partial charge in [0, 0.05) is 12.3 Å². The summed E-state index contributed by atoms with van der Waals surface area (Å²) >= 11 is 0. The average molecular weight is 334 g/mol. The number of hydrogen-bond donors (Lipinski definition) is 2. The van der Waals surface area contributed by atoms with E-state index in [2.05, 4.69) is 13.8 Å². The first-order valence-corrected chi connectivity index (χ1v) is 9.71. The minimum absolute atomic E-state index is 0.0157. The van der Waals surface area contributed by atoms with Gasteiger partial charge >= 0.3 is 5.97 Å². The van der Waals surface area contributed by atoms with E-state index in [0.29, 0.717) is 30.0 Å². The minimum Gasteiger partial charge on any atom is -0.481 e. The van der Waals surface area contributed by atoms with Gasteiger partial charge in [-0.3, -0.25) is 9.59 Å². The fourth-order valence-electron chi connectivity index (χ4n) is 7.46. The van der Waals surface area contributed by atoms with Crippen molar-refractivity contribution in [3.05, 3.63) is 0 Å². The summed E-state index contributed by atoms with van der Waals surface area (Å²) < 4.78 is 0. The molecule has 0 heterocycles. The zero-order valence-electron chi connectivity index (χ0n) is 14.8. The summed E-state index contributed by atoms with van der Waals surface area (Å²) in [6, 6.07) is 0. The molecular formula is C20H30O4. The number of carboxylic acid groups (broad SMARTS) is 1. The largest absolute Gasteiger partial charge is 0.481 e. The van der Waals surface area contributed by atoms with E-state index in [9.17, 15) is 19.8 Å². The monoisotopic (exact) mass is 334 g/mol. The van der Waals surface area contributed by atoms with E-state index in [4.69, 9.17) is 0 Å². The molecular weight excluding hydrogens is 304 g/mol. The molecule has 8 atom stereocenters.